The van der Waals surface area contributed by atoms with E-state index in [2.05, 4.69) is 5.32 Å². The average molecular weight is 267 g/mol. The molecule has 1 unspecified atom stereocenters. The Balaban J connectivity index is 2.13. The largest absolute Gasteiger partial charge is 0.490 e. The fourth-order valence-electron chi connectivity index (χ4n) is 1.69. The van der Waals surface area contributed by atoms with Gasteiger partial charge in [-0.3, -0.25) is 0 Å². The zero-order chi connectivity index (χ0) is 20.5. The number of fused-ring (bicyclic) bond motifs is 1. The summed E-state index contributed by atoms with van der Waals surface area (Å²) in [4.78, 5) is 0. The van der Waals surface area contributed by atoms with Crippen LogP contribution in [-0.4, -0.2) is 30.4 Å². The summed E-state index contributed by atoms with van der Waals surface area (Å²) in [5.74, 6) is 0.209. The Morgan fingerprint density at radius 2 is 2.05 bits per heavy atom. The van der Waals surface area contributed by atoms with Gasteiger partial charge in [0.15, 0.2) is 0 Å². The van der Waals surface area contributed by atoms with Crippen LogP contribution < -0.4 is 10.1 Å². The van der Waals surface area contributed by atoms with Crippen LogP contribution >= 0.6 is 0 Å². The lowest BCUT2D eigenvalue weighted by Crippen LogP contribution is -2.35. The van der Waals surface area contributed by atoms with Crippen LogP contribution in [0.4, 0.5) is 0 Å². The molecule has 2 rings (SSSR count). The highest BCUT2D eigenvalue weighted by Gasteiger charge is 2.07. The first-order chi connectivity index (χ1) is 12.3. The van der Waals surface area contributed by atoms with E-state index in [1.165, 1.54) is 0 Å². The molecule has 0 aliphatic rings. The first kappa shape index (κ1) is 6.73. The van der Waals surface area contributed by atoms with Crippen LogP contribution in [0.15, 0.2) is 42.5 Å². The molecule has 1 atom stereocenters. The summed E-state index contributed by atoms with van der Waals surface area (Å²) < 4.78 is 65.2. The second-order valence-corrected chi connectivity index (χ2v) is 4.05. The Labute approximate surface area is 125 Å². The van der Waals surface area contributed by atoms with Crippen molar-refractivity contribution >= 4 is 10.8 Å². The highest BCUT2D eigenvalue weighted by molar-refractivity contribution is 5.88. The van der Waals surface area contributed by atoms with Crippen molar-refractivity contribution in [3.63, 3.8) is 0 Å². The summed E-state index contributed by atoms with van der Waals surface area (Å²) in [5, 5.41) is 13.9. The van der Waals surface area contributed by atoms with Gasteiger partial charge in [-0.2, -0.15) is 0 Å². The maximum atomic E-state index is 10.2. The van der Waals surface area contributed by atoms with E-state index in [4.69, 9.17) is 15.7 Å². The second kappa shape index (κ2) is 6.55. The zero-order valence-electron chi connectivity index (χ0n) is 18.3. The van der Waals surface area contributed by atoms with Crippen molar-refractivity contribution in [2.75, 3.05) is 13.1 Å². The molecule has 0 saturated heterocycles. The van der Waals surface area contributed by atoms with Crippen molar-refractivity contribution in [3.05, 3.63) is 42.5 Å². The van der Waals surface area contributed by atoms with Gasteiger partial charge in [0, 0.05) is 26.2 Å². The molecule has 0 aromatic heterocycles. The standard InChI is InChI=1S/C16H21NO2/c1-12(2)17-10-14(18)11-19-16-9-5-7-13-6-3-4-8-15(13)16/h3-9,12,14,17-18H,10-11H2,1-2H3/i1D3,2D3,11D2. The number of ether oxygens (including phenoxy) is 1. The van der Waals surface area contributed by atoms with Crippen LogP contribution in [0.1, 0.15) is 24.7 Å². The summed E-state index contributed by atoms with van der Waals surface area (Å²) in [6, 6.07) is 10.3. The van der Waals surface area contributed by atoms with Gasteiger partial charge >= 0.3 is 0 Å². The average Bonchev–Trinajstić information content (AvgIpc) is 2.52. The summed E-state index contributed by atoms with van der Waals surface area (Å²) in [5.41, 5.74) is 0. The monoisotopic (exact) mass is 267 g/mol. The first-order valence-corrected chi connectivity index (χ1v) is 5.90. The minimum absolute atomic E-state index is 0.209. The van der Waals surface area contributed by atoms with Gasteiger partial charge in [0.05, 0.1) is 2.74 Å². The Bertz CT molecular complexity index is 756. The van der Waals surface area contributed by atoms with Gasteiger partial charge in [0.2, 0.25) is 0 Å². The molecule has 19 heavy (non-hydrogen) atoms. The molecule has 2 aromatic rings. The van der Waals surface area contributed by atoms with Crippen molar-refractivity contribution < 1.29 is 20.8 Å². The Morgan fingerprint density at radius 3 is 2.89 bits per heavy atom. The van der Waals surface area contributed by atoms with Gasteiger partial charge in [0.25, 0.3) is 0 Å². The molecule has 102 valence electrons. The molecule has 2 aromatic carbocycles. The number of aliphatic hydroxyl groups is 1. The normalized spacial score (nSPS) is 21.2. The fourth-order valence-corrected chi connectivity index (χ4v) is 1.69. The third kappa shape index (κ3) is 3.94. The predicted molar refractivity (Wildman–Crippen MR) is 78.6 cm³/mol. The summed E-state index contributed by atoms with van der Waals surface area (Å²) in [7, 11) is 0. The SMILES string of the molecule is [2H]C([2H])([2H])C(NCC(O)C([2H])([2H])Oc1cccc2ccccc12)C([2H])([2H])[2H]. The summed E-state index contributed by atoms with van der Waals surface area (Å²) in [6.07, 6.45) is -1.80. The molecule has 0 bridgehead atoms. The lowest BCUT2D eigenvalue weighted by molar-refractivity contribution is 0.105. The Morgan fingerprint density at radius 1 is 1.26 bits per heavy atom. The number of aliphatic hydroxyl groups excluding tert-OH is 1. The molecule has 0 heterocycles. The van der Waals surface area contributed by atoms with Crippen molar-refractivity contribution in [2.24, 2.45) is 0 Å². The molecular weight excluding hydrogens is 238 g/mol. The van der Waals surface area contributed by atoms with E-state index in [1.807, 2.05) is 18.2 Å². The van der Waals surface area contributed by atoms with Crippen molar-refractivity contribution in [3.8, 4) is 5.75 Å². The van der Waals surface area contributed by atoms with Gasteiger partial charge in [-0.25, -0.2) is 0 Å². The van der Waals surface area contributed by atoms with Crippen LogP contribution in [0.25, 0.3) is 10.8 Å². The van der Waals surface area contributed by atoms with Crippen molar-refractivity contribution in [2.45, 2.75) is 25.8 Å². The molecule has 2 N–H and O–H groups in total. The number of nitrogens with one attached hydrogen (secondary N) is 1. The van der Waals surface area contributed by atoms with Gasteiger partial charge in [-0.15, -0.1) is 0 Å². The van der Waals surface area contributed by atoms with Crippen LogP contribution in [0.5, 0.6) is 5.75 Å². The molecule has 0 radical (unpaired) electrons. The minimum atomic E-state index is -2.84. The first-order valence-electron chi connectivity index (χ1n) is 9.90. The van der Waals surface area contributed by atoms with E-state index < -0.39 is 39.0 Å². The van der Waals surface area contributed by atoms with Gasteiger partial charge < -0.3 is 15.2 Å². The minimum Gasteiger partial charge on any atom is -0.490 e. The second-order valence-electron chi connectivity index (χ2n) is 4.05. The smallest absolute Gasteiger partial charge is 0.127 e. The molecule has 0 aliphatic carbocycles. The molecule has 0 spiro atoms. The van der Waals surface area contributed by atoms with Crippen molar-refractivity contribution in [1.29, 1.82) is 0 Å². The molecule has 0 saturated carbocycles. The van der Waals surface area contributed by atoms with Crippen molar-refractivity contribution in [1.82, 2.24) is 5.32 Å². The summed E-state index contributed by atoms with van der Waals surface area (Å²) >= 11 is 0. The molecule has 3 heteroatoms. The van der Waals surface area contributed by atoms with Gasteiger partial charge in [0.1, 0.15) is 18.4 Å². The van der Waals surface area contributed by atoms with E-state index in [0.29, 0.717) is 5.39 Å². The molecular formula is C16H21NO2. The Kier molecular flexibility index (Phi) is 2.32. The fraction of sp³-hybridized carbons (Fsp3) is 0.375. The van der Waals surface area contributed by atoms with E-state index in [-0.39, 0.29) is 5.75 Å². The van der Waals surface area contributed by atoms with E-state index >= 15 is 0 Å². The highest BCUT2D eigenvalue weighted by Crippen LogP contribution is 2.25. The third-order valence-corrected chi connectivity index (χ3v) is 2.57. The van der Waals surface area contributed by atoms with Gasteiger partial charge in [-0.1, -0.05) is 50.1 Å². The molecule has 0 fully saturated rings. The van der Waals surface area contributed by atoms with Crippen LogP contribution in [0.3, 0.4) is 0 Å². The van der Waals surface area contributed by atoms with Gasteiger partial charge in [-0.05, 0) is 11.5 Å². The van der Waals surface area contributed by atoms with Crippen LogP contribution in [-0.2, 0) is 0 Å². The molecule has 0 amide bonds. The maximum absolute atomic E-state index is 10.2. The Hall–Kier alpha value is -1.58. The quantitative estimate of drug-likeness (QED) is 0.845. The number of hydrogen-bond donors (Lipinski definition) is 2. The number of benzene rings is 2. The third-order valence-electron chi connectivity index (χ3n) is 2.57. The highest BCUT2D eigenvalue weighted by atomic mass is 16.5. The predicted octanol–water partition coefficient (Wildman–Crippen LogP) is 2.58. The molecule has 3 nitrogen and oxygen atoms in total. The topological polar surface area (TPSA) is 41.5 Å². The van der Waals surface area contributed by atoms with E-state index in [1.54, 1.807) is 24.3 Å². The maximum Gasteiger partial charge on any atom is 0.127 e. The lowest BCUT2D eigenvalue weighted by atomic mass is 10.1. The lowest BCUT2D eigenvalue weighted by Gasteiger charge is -2.15. The van der Waals surface area contributed by atoms with E-state index in [9.17, 15) is 5.11 Å². The van der Waals surface area contributed by atoms with E-state index in [0.717, 1.165) is 5.39 Å². The molecule has 0 aliphatic heterocycles. The van der Waals surface area contributed by atoms with Crippen LogP contribution in [0, 0.1) is 0 Å². The van der Waals surface area contributed by atoms with Crippen LogP contribution in [0.2, 0.25) is 0 Å². The summed E-state index contributed by atoms with van der Waals surface area (Å²) in [6.45, 7) is -8.87. The zero-order valence-corrected chi connectivity index (χ0v) is 10.3. The number of rotatable bonds is 6. The number of hydrogen-bond acceptors (Lipinski definition) is 3.